The van der Waals surface area contributed by atoms with Crippen LogP contribution >= 0.6 is 0 Å². The van der Waals surface area contributed by atoms with Crippen LogP contribution in [0.15, 0.2) is 23.0 Å². The Morgan fingerprint density at radius 2 is 2.13 bits per heavy atom. The molecule has 122 valence electrons. The molecule has 7 heteroatoms. The molecule has 0 saturated heterocycles. The molecule has 0 radical (unpaired) electrons. The summed E-state index contributed by atoms with van der Waals surface area (Å²) < 4.78 is 11.5. The number of carbonyl (C=O) groups excluding carboxylic acids is 1. The molecule has 1 aromatic carbocycles. The SMILES string of the molecule is COC(CNC(=O)c1c(O)c2cccc3c2n(c1=O)CC3)OC. The highest BCUT2D eigenvalue weighted by molar-refractivity contribution is 6.03. The molecule has 0 unspecified atom stereocenters. The van der Waals surface area contributed by atoms with Crippen LogP contribution in [0.5, 0.6) is 5.75 Å². The normalized spacial score (nSPS) is 13.0. The third kappa shape index (κ3) is 2.47. The fourth-order valence-electron chi connectivity index (χ4n) is 2.95. The lowest BCUT2D eigenvalue weighted by Gasteiger charge is -2.15. The van der Waals surface area contributed by atoms with Crippen molar-refractivity contribution in [1.82, 2.24) is 9.88 Å². The van der Waals surface area contributed by atoms with Crippen LogP contribution in [-0.2, 0) is 22.4 Å². The van der Waals surface area contributed by atoms with Crippen molar-refractivity contribution >= 4 is 16.8 Å². The van der Waals surface area contributed by atoms with Gasteiger partial charge in [0.2, 0.25) is 0 Å². The molecule has 2 aromatic rings. The zero-order chi connectivity index (χ0) is 16.6. The van der Waals surface area contributed by atoms with Crippen LogP contribution in [0.4, 0.5) is 0 Å². The molecule has 0 atom stereocenters. The van der Waals surface area contributed by atoms with Crippen molar-refractivity contribution in [3.8, 4) is 5.75 Å². The number of aromatic hydroxyl groups is 1. The van der Waals surface area contributed by atoms with E-state index in [1.54, 1.807) is 10.6 Å². The van der Waals surface area contributed by atoms with Gasteiger partial charge in [0.1, 0.15) is 11.3 Å². The number of carbonyl (C=O) groups is 1. The van der Waals surface area contributed by atoms with Crippen LogP contribution in [-0.4, -0.2) is 42.6 Å². The molecule has 7 nitrogen and oxygen atoms in total. The topological polar surface area (TPSA) is 89.8 Å². The van der Waals surface area contributed by atoms with Gasteiger partial charge < -0.3 is 24.5 Å². The van der Waals surface area contributed by atoms with E-state index in [0.717, 1.165) is 5.56 Å². The number of para-hydroxylation sites is 1. The fraction of sp³-hybridized carbons (Fsp3) is 0.375. The number of methoxy groups -OCH3 is 2. The van der Waals surface area contributed by atoms with Gasteiger partial charge in [0.25, 0.3) is 11.5 Å². The van der Waals surface area contributed by atoms with Gasteiger partial charge in [-0.1, -0.05) is 12.1 Å². The van der Waals surface area contributed by atoms with Gasteiger partial charge in [-0.05, 0) is 18.1 Å². The summed E-state index contributed by atoms with van der Waals surface area (Å²) in [7, 11) is 2.90. The summed E-state index contributed by atoms with van der Waals surface area (Å²) >= 11 is 0. The second-order valence-electron chi connectivity index (χ2n) is 5.35. The number of aromatic nitrogens is 1. The minimum absolute atomic E-state index is 0.0722. The highest BCUT2D eigenvalue weighted by Crippen LogP contribution is 2.31. The molecule has 1 aliphatic heterocycles. The van der Waals surface area contributed by atoms with E-state index in [1.807, 2.05) is 12.1 Å². The minimum atomic E-state index is -0.644. The first-order chi connectivity index (χ1) is 11.1. The van der Waals surface area contributed by atoms with Gasteiger partial charge >= 0.3 is 0 Å². The molecule has 1 aliphatic rings. The standard InChI is InChI=1S/C16H18N2O5/c1-22-11(23-2)8-17-15(20)12-14(19)10-5-3-4-9-6-7-18(13(9)10)16(12)21/h3-5,11,19H,6-8H2,1-2H3,(H,17,20). The molecular formula is C16H18N2O5. The first-order valence-electron chi connectivity index (χ1n) is 7.29. The average molecular weight is 318 g/mol. The van der Waals surface area contributed by atoms with Crippen molar-refractivity contribution in [2.75, 3.05) is 20.8 Å². The molecule has 0 spiro atoms. The Labute approximate surface area is 132 Å². The van der Waals surface area contributed by atoms with Gasteiger partial charge in [-0.3, -0.25) is 9.59 Å². The number of nitrogens with zero attached hydrogens (tertiary/aromatic N) is 1. The molecular weight excluding hydrogens is 300 g/mol. The number of amides is 1. The number of ether oxygens (including phenoxy) is 2. The molecule has 23 heavy (non-hydrogen) atoms. The first-order valence-corrected chi connectivity index (χ1v) is 7.29. The van der Waals surface area contributed by atoms with E-state index in [1.165, 1.54) is 14.2 Å². The number of nitrogens with one attached hydrogen (secondary N) is 1. The van der Waals surface area contributed by atoms with E-state index in [4.69, 9.17) is 9.47 Å². The number of pyridine rings is 1. The summed E-state index contributed by atoms with van der Waals surface area (Å²) in [6, 6.07) is 5.44. The third-order valence-corrected chi connectivity index (χ3v) is 4.13. The molecule has 3 rings (SSSR count). The van der Waals surface area contributed by atoms with Crippen LogP contribution in [0.3, 0.4) is 0 Å². The number of hydrogen-bond acceptors (Lipinski definition) is 5. The van der Waals surface area contributed by atoms with Crippen LogP contribution in [0, 0.1) is 0 Å². The van der Waals surface area contributed by atoms with Crippen molar-refractivity contribution in [2.24, 2.45) is 0 Å². The van der Waals surface area contributed by atoms with Gasteiger partial charge in [0.05, 0.1) is 12.1 Å². The second kappa shape index (κ2) is 6.02. The number of benzene rings is 1. The summed E-state index contributed by atoms with van der Waals surface area (Å²) in [5.41, 5.74) is 0.977. The summed E-state index contributed by atoms with van der Waals surface area (Å²) in [6.07, 6.45) is 0.0954. The van der Waals surface area contributed by atoms with E-state index in [2.05, 4.69) is 5.32 Å². The maximum absolute atomic E-state index is 12.6. The zero-order valence-electron chi connectivity index (χ0n) is 13.0. The summed E-state index contributed by atoms with van der Waals surface area (Å²) in [5.74, 6) is -0.927. The highest BCUT2D eigenvalue weighted by Gasteiger charge is 2.26. The monoisotopic (exact) mass is 318 g/mol. The molecule has 0 fully saturated rings. The quantitative estimate of drug-likeness (QED) is 0.789. The highest BCUT2D eigenvalue weighted by atomic mass is 16.7. The smallest absolute Gasteiger partial charge is 0.267 e. The van der Waals surface area contributed by atoms with Crippen molar-refractivity contribution in [2.45, 2.75) is 19.3 Å². The Balaban J connectivity index is 2.03. The zero-order valence-corrected chi connectivity index (χ0v) is 13.0. The summed E-state index contributed by atoms with van der Waals surface area (Å²) in [4.78, 5) is 24.9. The molecule has 1 aromatic heterocycles. The van der Waals surface area contributed by atoms with Crippen LogP contribution in [0.1, 0.15) is 15.9 Å². The maximum Gasteiger partial charge on any atom is 0.267 e. The average Bonchev–Trinajstić information content (AvgIpc) is 2.99. The number of hydrogen-bond donors (Lipinski definition) is 2. The van der Waals surface area contributed by atoms with E-state index >= 15 is 0 Å². The first kappa shape index (κ1) is 15.5. The van der Waals surface area contributed by atoms with Crippen molar-refractivity contribution in [3.63, 3.8) is 0 Å². The van der Waals surface area contributed by atoms with Gasteiger partial charge in [-0.2, -0.15) is 0 Å². The lowest BCUT2D eigenvalue weighted by atomic mass is 10.1. The predicted molar refractivity (Wildman–Crippen MR) is 83.7 cm³/mol. The molecule has 0 saturated carbocycles. The van der Waals surface area contributed by atoms with E-state index in [9.17, 15) is 14.7 Å². The van der Waals surface area contributed by atoms with Crippen LogP contribution < -0.4 is 10.9 Å². The summed E-state index contributed by atoms with van der Waals surface area (Å²) in [6.45, 7) is 0.580. The Hall–Kier alpha value is -2.38. The molecule has 2 N–H and O–H groups in total. The summed E-state index contributed by atoms with van der Waals surface area (Å²) in [5, 5.41) is 13.5. The van der Waals surface area contributed by atoms with Gasteiger partial charge in [-0.25, -0.2) is 0 Å². The van der Waals surface area contributed by atoms with Gasteiger partial charge in [0, 0.05) is 26.2 Å². The van der Waals surface area contributed by atoms with Crippen molar-refractivity contribution in [3.05, 3.63) is 39.7 Å². The third-order valence-electron chi connectivity index (χ3n) is 4.13. The lowest BCUT2D eigenvalue weighted by Crippen LogP contribution is -2.38. The van der Waals surface area contributed by atoms with E-state index in [0.29, 0.717) is 23.9 Å². The molecule has 0 bridgehead atoms. The molecule has 1 amide bonds. The Kier molecular flexibility index (Phi) is 4.06. The van der Waals surface area contributed by atoms with Gasteiger partial charge in [0.15, 0.2) is 6.29 Å². The molecule has 0 aliphatic carbocycles. The van der Waals surface area contributed by atoms with Crippen molar-refractivity contribution in [1.29, 1.82) is 0 Å². The minimum Gasteiger partial charge on any atom is -0.506 e. The lowest BCUT2D eigenvalue weighted by molar-refractivity contribution is -0.0974. The maximum atomic E-state index is 12.6. The predicted octanol–water partition coefficient (Wildman–Crippen LogP) is 0.612. The largest absolute Gasteiger partial charge is 0.506 e. The van der Waals surface area contributed by atoms with E-state index in [-0.39, 0.29) is 17.9 Å². The second-order valence-corrected chi connectivity index (χ2v) is 5.35. The Morgan fingerprint density at radius 3 is 2.83 bits per heavy atom. The Bertz CT molecular complexity index is 823. The fourth-order valence-corrected chi connectivity index (χ4v) is 2.95. The number of rotatable bonds is 5. The van der Waals surface area contributed by atoms with Crippen molar-refractivity contribution < 1.29 is 19.4 Å². The Morgan fingerprint density at radius 1 is 1.39 bits per heavy atom. The van der Waals surface area contributed by atoms with E-state index < -0.39 is 17.8 Å². The van der Waals surface area contributed by atoms with Gasteiger partial charge in [-0.15, -0.1) is 0 Å². The van der Waals surface area contributed by atoms with Crippen LogP contribution in [0.2, 0.25) is 0 Å². The van der Waals surface area contributed by atoms with Crippen LogP contribution in [0.25, 0.3) is 10.9 Å². The molecule has 2 heterocycles. The number of aryl methyl sites for hydroxylation is 2.